The Labute approximate surface area is 133 Å². The van der Waals surface area contributed by atoms with E-state index in [0.717, 1.165) is 29.2 Å². The van der Waals surface area contributed by atoms with E-state index in [1.165, 1.54) is 5.56 Å². The van der Waals surface area contributed by atoms with Crippen molar-refractivity contribution >= 4 is 27.9 Å². The summed E-state index contributed by atoms with van der Waals surface area (Å²) in [6.07, 6.45) is 5.91. The second kappa shape index (κ2) is 6.50. The fraction of sp³-hybridized carbons (Fsp3) is 0.312. The average Bonchev–Trinajstić information content (AvgIpc) is 3.08. The summed E-state index contributed by atoms with van der Waals surface area (Å²) in [7, 11) is 1.71. The van der Waals surface area contributed by atoms with Crippen molar-refractivity contribution in [1.82, 2.24) is 9.38 Å². The number of para-hydroxylation sites is 1. The van der Waals surface area contributed by atoms with E-state index in [9.17, 15) is 0 Å². The number of methoxy groups -OCH3 is 1. The third-order valence-electron chi connectivity index (χ3n) is 3.56. The molecule has 0 radical (unpaired) electrons. The number of imidazole rings is 1. The second-order valence-corrected chi connectivity index (χ2v) is 6.25. The first-order chi connectivity index (χ1) is 10.3. The van der Waals surface area contributed by atoms with Crippen molar-refractivity contribution in [3.63, 3.8) is 0 Å². The Balaban J connectivity index is 1.74. The molecule has 1 aromatic carbocycles. The molecule has 3 aromatic rings. The lowest BCUT2D eigenvalue weighted by Crippen LogP contribution is -2.11. The lowest BCUT2D eigenvalue weighted by Gasteiger charge is -2.15. The normalized spacial score (nSPS) is 12.7. The molecule has 0 aliphatic carbocycles. The number of rotatable bonds is 6. The molecule has 0 bridgehead atoms. The molecule has 21 heavy (non-hydrogen) atoms. The van der Waals surface area contributed by atoms with Gasteiger partial charge in [0, 0.05) is 23.7 Å². The fourth-order valence-corrected chi connectivity index (χ4v) is 3.47. The van der Waals surface area contributed by atoms with E-state index in [4.69, 9.17) is 16.3 Å². The summed E-state index contributed by atoms with van der Waals surface area (Å²) in [5.41, 5.74) is 2.30. The van der Waals surface area contributed by atoms with Gasteiger partial charge in [0.25, 0.3) is 0 Å². The molecule has 2 heterocycles. The van der Waals surface area contributed by atoms with E-state index in [0.29, 0.717) is 11.8 Å². The topological polar surface area (TPSA) is 26.5 Å². The minimum Gasteiger partial charge on any atom is -0.496 e. The predicted molar refractivity (Wildman–Crippen MR) is 87.7 cm³/mol. The molecule has 2 aromatic heterocycles. The SMILES string of the molecule is COc1ccccc1CC(CCl)Cc1cn2ccsc2n1. The van der Waals surface area contributed by atoms with E-state index in [2.05, 4.69) is 21.6 Å². The zero-order valence-corrected chi connectivity index (χ0v) is 13.4. The van der Waals surface area contributed by atoms with Crippen LogP contribution < -0.4 is 4.74 Å². The highest BCUT2D eigenvalue weighted by molar-refractivity contribution is 7.15. The van der Waals surface area contributed by atoms with Crippen molar-refractivity contribution in [3.05, 3.63) is 53.3 Å². The summed E-state index contributed by atoms with van der Waals surface area (Å²) in [4.78, 5) is 5.67. The van der Waals surface area contributed by atoms with Crippen LogP contribution in [0.3, 0.4) is 0 Å². The number of hydrogen-bond acceptors (Lipinski definition) is 3. The van der Waals surface area contributed by atoms with Crippen molar-refractivity contribution in [2.45, 2.75) is 12.8 Å². The van der Waals surface area contributed by atoms with Crippen molar-refractivity contribution < 1.29 is 4.74 Å². The molecule has 0 N–H and O–H groups in total. The first-order valence-electron chi connectivity index (χ1n) is 6.89. The molecule has 0 aliphatic rings. The first-order valence-corrected chi connectivity index (χ1v) is 8.30. The molecule has 5 heteroatoms. The van der Waals surface area contributed by atoms with Crippen molar-refractivity contribution in [2.75, 3.05) is 13.0 Å². The number of nitrogens with zero attached hydrogens (tertiary/aromatic N) is 2. The maximum Gasteiger partial charge on any atom is 0.193 e. The fourth-order valence-electron chi connectivity index (χ4n) is 2.53. The third-order valence-corrected chi connectivity index (χ3v) is 4.77. The van der Waals surface area contributed by atoms with Crippen LogP contribution in [0, 0.1) is 5.92 Å². The van der Waals surface area contributed by atoms with Crippen LogP contribution in [0.1, 0.15) is 11.3 Å². The Morgan fingerprint density at radius 1 is 1.33 bits per heavy atom. The van der Waals surface area contributed by atoms with E-state index in [1.54, 1.807) is 18.4 Å². The standard InChI is InChI=1S/C16H17ClN2OS/c1-20-15-5-3-2-4-13(15)8-12(10-17)9-14-11-19-6-7-21-16(19)18-14/h2-7,11-12H,8-10H2,1H3. The van der Waals surface area contributed by atoms with Gasteiger partial charge in [-0.15, -0.1) is 22.9 Å². The van der Waals surface area contributed by atoms with Crippen LogP contribution in [0.25, 0.3) is 4.96 Å². The van der Waals surface area contributed by atoms with Gasteiger partial charge in [-0.05, 0) is 30.4 Å². The van der Waals surface area contributed by atoms with Crippen molar-refractivity contribution in [3.8, 4) is 5.75 Å². The number of aromatic nitrogens is 2. The molecule has 0 fully saturated rings. The highest BCUT2D eigenvalue weighted by Gasteiger charge is 2.14. The molecule has 0 saturated heterocycles. The molecular formula is C16H17ClN2OS. The van der Waals surface area contributed by atoms with Crippen LogP contribution in [0.15, 0.2) is 42.0 Å². The largest absolute Gasteiger partial charge is 0.496 e. The number of hydrogen-bond donors (Lipinski definition) is 0. The van der Waals surface area contributed by atoms with Gasteiger partial charge in [0.2, 0.25) is 0 Å². The van der Waals surface area contributed by atoms with Gasteiger partial charge in [0.1, 0.15) is 5.75 Å². The quantitative estimate of drug-likeness (QED) is 0.641. The van der Waals surface area contributed by atoms with Gasteiger partial charge in [-0.2, -0.15) is 0 Å². The minimum absolute atomic E-state index is 0.354. The number of halogens is 1. The van der Waals surface area contributed by atoms with Gasteiger partial charge >= 0.3 is 0 Å². The molecule has 3 rings (SSSR count). The van der Waals surface area contributed by atoms with Crippen LogP contribution in [0.4, 0.5) is 0 Å². The summed E-state index contributed by atoms with van der Waals surface area (Å²) in [6, 6.07) is 8.12. The molecular weight excluding hydrogens is 304 g/mol. The predicted octanol–water partition coefficient (Wildman–Crippen LogP) is 4.04. The number of fused-ring (bicyclic) bond motifs is 1. The summed E-state index contributed by atoms with van der Waals surface area (Å²) in [5.74, 6) is 1.90. The second-order valence-electron chi connectivity index (χ2n) is 5.07. The van der Waals surface area contributed by atoms with Crippen LogP contribution in [-0.2, 0) is 12.8 Å². The highest BCUT2D eigenvalue weighted by atomic mass is 35.5. The first kappa shape index (κ1) is 14.4. The summed E-state index contributed by atoms with van der Waals surface area (Å²) < 4.78 is 7.48. The van der Waals surface area contributed by atoms with Crippen LogP contribution in [-0.4, -0.2) is 22.4 Å². The summed E-state index contributed by atoms with van der Waals surface area (Å²) in [5, 5.41) is 2.04. The molecule has 1 unspecified atom stereocenters. The molecule has 0 spiro atoms. The van der Waals surface area contributed by atoms with Gasteiger partial charge in [-0.25, -0.2) is 4.98 Å². The van der Waals surface area contributed by atoms with Crippen LogP contribution in [0.2, 0.25) is 0 Å². The van der Waals surface area contributed by atoms with Crippen LogP contribution in [0.5, 0.6) is 5.75 Å². The lowest BCUT2D eigenvalue weighted by atomic mass is 9.96. The van der Waals surface area contributed by atoms with Crippen molar-refractivity contribution in [2.24, 2.45) is 5.92 Å². The Morgan fingerprint density at radius 3 is 2.95 bits per heavy atom. The maximum absolute atomic E-state index is 6.16. The monoisotopic (exact) mass is 320 g/mol. The maximum atomic E-state index is 6.16. The molecule has 110 valence electrons. The molecule has 3 nitrogen and oxygen atoms in total. The number of benzene rings is 1. The number of thiazole rings is 1. The Kier molecular flexibility index (Phi) is 4.46. The zero-order valence-electron chi connectivity index (χ0n) is 11.8. The molecule has 0 saturated carbocycles. The molecule has 1 atom stereocenters. The van der Waals surface area contributed by atoms with Gasteiger partial charge in [-0.1, -0.05) is 18.2 Å². The zero-order chi connectivity index (χ0) is 14.7. The van der Waals surface area contributed by atoms with Crippen molar-refractivity contribution in [1.29, 1.82) is 0 Å². The van der Waals surface area contributed by atoms with Gasteiger partial charge in [0.05, 0.1) is 12.8 Å². The number of ether oxygens (including phenoxy) is 1. The Bertz CT molecular complexity index is 693. The average molecular weight is 321 g/mol. The van der Waals surface area contributed by atoms with Crippen LogP contribution >= 0.6 is 22.9 Å². The minimum atomic E-state index is 0.354. The van der Waals surface area contributed by atoms with E-state index >= 15 is 0 Å². The van der Waals surface area contributed by atoms with Gasteiger partial charge in [0.15, 0.2) is 4.96 Å². The lowest BCUT2D eigenvalue weighted by molar-refractivity contribution is 0.405. The van der Waals surface area contributed by atoms with E-state index in [1.807, 2.05) is 29.8 Å². The molecule has 0 aliphatic heterocycles. The number of alkyl halides is 1. The smallest absolute Gasteiger partial charge is 0.193 e. The third kappa shape index (κ3) is 3.22. The Hall–Kier alpha value is -1.52. The summed E-state index contributed by atoms with van der Waals surface area (Å²) >= 11 is 7.81. The molecule has 0 amide bonds. The highest BCUT2D eigenvalue weighted by Crippen LogP contribution is 2.24. The van der Waals surface area contributed by atoms with Gasteiger partial charge in [-0.3, -0.25) is 4.40 Å². The Morgan fingerprint density at radius 2 is 2.19 bits per heavy atom. The van der Waals surface area contributed by atoms with E-state index < -0.39 is 0 Å². The van der Waals surface area contributed by atoms with E-state index in [-0.39, 0.29) is 0 Å². The summed E-state index contributed by atoms with van der Waals surface area (Å²) in [6.45, 7) is 0. The van der Waals surface area contributed by atoms with Gasteiger partial charge < -0.3 is 4.74 Å².